The Kier molecular flexibility index (Phi) is 8.70. The molecule has 180 valence electrons. The number of halogens is 1. The minimum atomic E-state index is -3.75. The summed E-state index contributed by atoms with van der Waals surface area (Å²) in [5.41, 5.74) is 2.18. The number of carbonyl (C=O) groups is 2. The molecule has 0 heterocycles. The number of nitrogens with one attached hydrogen (secondary N) is 1. The minimum absolute atomic E-state index is 0.0886. The lowest BCUT2D eigenvalue weighted by molar-refractivity contribution is -0.139. The fourth-order valence-corrected chi connectivity index (χ4v) is 4.43. The molecular weight excluding hydrogens is 506 g/mol. The molecule has 2 rings (SSSR count). The topological polar surface area (TPSA) is 86.8 Å². The van der Waals surface area contributed by atoms with Gasteiger partial charge in [-0.1, -0.05) is 61.0 Å². The first-order valence-corrected chi connectivity index (χ1v) is 13.2. The van der Waals surface area contributed by atoms with Crippen molar-refractivity contribution < 1.29 is 18.0 Å². The zero-order valence-corrected chi connectivity index (χ0v) is 22.3. The first-order chi connectivity index (χ1) is 15.2. The number of hydrogen-bond acceptors (Lipinski definition) is 4. The van der Waals surface area contributed by atoms with E-state index in [2.05, 4.69) is 42.0 Å². The average molecular weight is 539 g/mol. The summed E-state index contributed by atoms with van der Waals surface area (Å²) >= 11 is 3.38. The molecule has 0 spiro atoms. The molecule has 2 amide bonds. The van der Waals surface area contributed by atoms with Crippen molar-refractivity contribution in [2.45, 2.75) is 45.7 Å². The maximum absolute atomic E-state index is 13.4. The minimum Gasteiger partial charge on any atom is -0.357 e. The van der Waals surface area contributed by atoms with Gasteiger partial charge in [-0.2, -0.15) is 0 Å². The smallest absolute Gasteiger partial charge is 0.244 e. The lowest BCUT2D eigenvalue weighted by Crippen LogP contribution is -2.50. The van der Waals surface area contributed by atoms with Crippen LogP contribution in [-0.4, -0.2) is 51.0 Å². The number of benzene rings is 2. The Labute approximate surface area is 205 Å². The van der Waals surface area contributed by atoms with E-state index in [0.29, 0.717) is 5.69 Å². The van der Waals surface area contributed by atoms with Gasteiger partial charge in [-0.25, -0.2) is 8.42 Å². The zero-order valence-electron chi connectivity index (χ0n) is 19.9. The molecule has 0 aromatic heterocycles. The van der Waals surface area contributed by atoms with Gasteiger partial charge in [0.15, 0.2) is 0 Å². The predicted octanol–water partition coefficient (Wildman–Crippen LogP) is 3.68. The van der Waals surface area contributed by atoms with Gasteiger partial charge in [-0.3, -0.25) is 13.9 Å². The third-order valence-electron chi connectivity index (χ3n) is 5.38. The molecule has 7 nitrogen and oxygen atoms in total. The lowest BCUT2D eigenvalue weighted by Gasteiger charge is -2.31. The molecule has 0 radical (unpaired) electrons. The van der Waals surface area contributed by atoms with Crippen LogP contribution in [0.4, 0.5) is 5.69 Å². The van der Waals surface area contributed by atoms with E-state index in [0.717, 1.165) is 26.2 Å². The van der Waals surface area contributed by atoms with Gasteiger partial charge in [0.05, 0.1) is 11.9 Å². The third-order valence-corrected chi connectivity index (χ3v) is 7.05. The Morgan fingerprint density at radius 2 is 1.58 bits per heavy atom. The zero-order chi connectivity index (χ0) is 25.0. The van der Waals surface area contributed by atoms with Gasteiger partial charge < -0.3 is 10.2 Å². The Hall–Kier alpha value is -2.39. The summed E-state index contributed by atoms with van der Waals surface area (Å²) in [5.74, 6) is -0.805. The van der Waals surface area contributed by atoms with Crippen molar-refractivity contribution >= 4 is 43.5 Å². The molecule has 1 atom stereocenters. The largest absolute Gasteiger partial charge is 0.357 e. The van der Waals surface area contributed by atoms with Gasteiger partial charge in [0.2, 0.25) is 21.8 Å². The van der Waals surface area contributed by atoms with Crippen molar-refractivity contribution in [3.05, 3.63) is 64.1 Å². The number of sulfonamides is 1. The van der Waals surface area contributed by atoms with Crippen molar-refractivity contribution in [3.63, 3.8) is 0 Å². The van der Waals surface area contributed by atoms with Crippen LogP contribution in [-0.2, 0) is 31.6 Å². The van der Waals surface area contributed by atoms with Crippen LogP contribution in [0.2, 0.25) is 0 Å². The highest BCUT2D eigenvalue weighted by atomic mass is 79.9. The molecular formula is C24H32BrN3O4S. The number of amides is 2. The second kappa shape index (κ2) is 10.7. The number of likely N-dealkylation sites (N-methyl/N-ethyl adjacent to an activating group) is 1. The van der Waals surface area contributed by atoms with Crippen LogP contribution in [0.1, 0.15) is 38.8 Å². The van der Waals surface area contributed by atoms with Crippen LogP contribution < -0.4 is 9.62 Å². The Morgan fingerprint density at radius 1 is 1.03 bits per heavy atom. The normalized spacial score (nSPS) is 12.7. The number of nitrogens with zero attached hydrogens (tertiary/aromatic N) is 2. The first-order valence-electron chi connectivity index (χ1n) is 10.6. The van der Waals surface area contributed by atoms with Crippen molar-refractivity contribution in [2.75, 3.05) is 24.2 Å². The van der Waals surface area contributed by atoms with Crippen molar-refractivity contribution in [1.82, 2.24) is 10.2 Å². The fourth-order valence-electron chi connectivity index (χ4n) is 3.32. The highest BCUT2D eigenvalue weighted by Crippen LogP contribution is 2.26. The maximum atomic E-state index is 13.4. The van der Waals surface area contributed by atoms with Crippen molar-refractivity contribution in [2.24, 2.45) is 0 Å². The Morgan fingerprint density at radius 3 is 2.03 bits per heavy atom. The first kappa shape index (κ1) is 26.9. The summed E-state index contributed by atoms with van der Waals surface area (Å²) in [6, 6.07) is 13.8. The third kappa shape index (κ3) is 7.30. The highest BCUT2D eigenvalue weighted by molar-refractivity contribution is 9.10. The van der Waals surface area contributed by atoms with Gasteiger partial charge in [0, 0.05) is 18.1 Å². The molecule has 0 saturated heterocycles. The summed E-state index contributed by atoms with van der Waals surface area (Å²) in [6.45, 7) is 7.59. The second-order valence-corrected chi connectivity index (χ2v) is 11.8. The quantitative estimate of drug-likeness (QED) is 0.556. The van der Waals surface area contributed by atoms with E-state index in [1.807, 2.05) is 36.4 Å². The molecule has 0 saturated carbocycles. The number of rotatable bonds is 8. The summed E-state index contributed by atoms with van der Waals surface area (Å²) in [5, 5.41) is 2.56. The molecule has 2 aromatic carbocycles. The molecule has 0 aliphatic rings. The molecule has 1 N–H and O–H groups in total. The molecule has 2 aromatic rings. The van der Waals surface area contributed by atoms with E-state index in [1.54, 1.807) is 19.1 Å². The summed E-state index contributed by atoms with van der Waals surface area (Å²) in [6.07, 6.45) is 1.07. The second-order valence-electron chi connectivity index (χ2n) is 9.00. The summed E-state index contributed by atoms with van der Waals surface area (Å²) < 4.78 is 27.2. The molecule has 9 heteroatoms. The van der Waals surface area contributed by atoms with Gasteiger partial charge in [0.25, 0.3) is 0 Å². The van der Waals surface area contributed by atoms with Gasteiger partial charge in [0.1, 0.15) is 12.6 Å². The van der Waals surface area contributed by atoms with Crippen molar-refractivity contribution in [1.29, 1.82) is 0 Å². The van der Waals surface area contributed by atoms with E-state index in [9.17, 15) is 18.0 Å². The maximum Gasteiger partial charge on any atom is 0.244 e. The van der Waals surface area contributed by atoms with Crippen LogP contribution in [0.25, 0.3) is 0 Å². The van der Waals surface area contributed by atoms with E-state index in [4.69, 9.17) is 0 Å². The Balaban J connectivity index is 2.37. The van der Waals surface area contributed by atoms with Crippen LogP contribution in [0.5, 0.6) is 0 Å². The van der Waals surface area contributed by atoms with Crippen LogP contribution in [0, 0.1) is 0 Å². The molecule has 0 unspecified atom stereocenters. The SMILES string of the molecule is CNC(=O)[C@@H](C)N(Cc1ccc(Br)cc1)C(=O)CN(c1ccc(C(C)(C)C)cc1)S(C)(=O)=O. The van der Waals surface area contributed by atoms with Crippen LogP contribution in [0.15, 0.2) is 53.0 Å². The highest BCUT2D eigenvalue weighted by Gasteiger charge is 2.29. The Bertz CT molecular complexity index is 1080. The van der Waals surface area contributed by atoms with E-state index in [-0.39, 0.29) is 17.9 Å². The van der Waals surface area contributed by atoms with Gasteiger partial charge >= 0.3 is 0 Å². The predicted molar refractivity (Wildman–Crippen MR) is 136 cm³/mol. The average Bonchev–Trinajstić information content (AvgIpc) is 2.74. The molecule has 0 fully saturated rings. The van der Waals surface area contributed by atoms with E-state index in [1.165, 1.54) is 11.9 Å². The van der Waals surface area contributed by atoms with Crippen LogP contribution >= 0.6 is 15.9 Å². The monoisotopic (exact) mass is 537 g/mol. The standard InChI is InChI=1S/C24H32BrN3O4S/c1-17(23(30)26-5)27(15-18-7-11-20(25)12-8-18)22(29)16-28(33(6,31)32)21-13-9-19(10-14-21)24(2,3)4/h7-14,17H,15-16H2,1-6H3,(H,26,30)/t17-/m1/s1. The summed E-state index contributed by atoms with van der Waals surface area (Å²) in [7, 11) is -2.25. The fraction of sp³-hybridized carbons (Fsp3) is 0.417. The molecule has 0 aliphatic heterocycles. The number of anilines is 1. The van der Waals surface area contributed by atoms with Crippen LogP contribution in [0.3, 0.4) is 0 Å². The summed E-state index contributed by atoms with van der Waals surface area (Å²) in [4.78, 5) is 27.1. The van der Waals surface area contributed by atoms with Crippen molar-refractivity contribution in [3.8, 4) is 0 Å². The van der Waals surface area contributed by atoms with E-state index < -0.39 is 28.5 Å². The lowest BCUT2D eigenvalue weighted by atomic mass is 9.87. The number of hydrogen-bond donors (Lipinski definition) is 1. The molecule has 0 aliphatic carbocycles. The van der Waals surface area contributed by atoms with E-state index >= 15 is 0 Å². The van der Waals surface area contributed by atoms with Gasteiger partial charge in [-0.05, 0) is 47.7 Å². The number of carbonyl (C=O) groups excluding carboxylic acids is 2. The molecule has 0 bridgehead atoms. The van der Waals surface area contributed by atoms with Gasteiger partial charge in [-0.15, -0.1) is 0 Å². The molecule has 33 heavy (non-hydrogen) atoms.